The van der Waals surface area contributed by atoms with E-state index in [0.717, 1.165) is 19.4 Å². The van der Waals surface area contributed by atoms with Crippen molar-refractivity contribution in [2.24, 2.45) is 0 Å². The van der Waals surface area contributed by atoms with Crippen LogP contribution in [0.3, 0.4) is 0 Å². The van der Waals surface area contributed by atoms with Crippen molar-refractivity contribution in [3.05, 3.63) is 23.9 Å². The van der Waals surface area contributed by atoms with Gasteiger partial charge in [-0.25, -0.2) is 0 Å². The third-order valence-electron chi connectivity index (χ3n) is 1.78. The maximum absolute atomic E-state index is 10.2. The molecule has 0 aromatic heterocycles. The van der Waals surface area contributed by atoms with Crippen LogP contribution in [-0.4, -0.2) is 21.9 Å². The molecule has 0 saturated carbocycles. The molecule has 88 valence electrons. The van der Waals surface area contributed by atoms with Gasteiger partial charge in [0.1, 0.15) is 0 Å². The highest BCUT2D eigenvalue weighted by Gasteiger charge is 1.95. The molecule has 0 amide bonds. The summed E-state index contributed by atoms with van der Waals surface area (Å²) in [6, 6.07) is 0. The van der Waals surface area contributed by atoms with E-state index < -0.39 is 11.4 Å². The summed E-state index contributed by atoms with van der Waals surface area (Å²) in [6.45, 7) is 5.20. The molecule has 1 atom stereocenters. The Bertz CT molecular complexity index is 239. The van der Waals surface area contributed by atoms with E-state index in [9.17, 15) is 4.21 Å². The van der Waals surface area contributed by atoms with Gasteiger partial charge in [-0.15, -0.1) is 0 Å². The lowest BCUT2D eigenvalue weighted by Crippen LogP contribution is -2.02. The van der Waals surface area contributed by atoms with E-state index in [1.165, 1.54) is 5.57 Å². The molecule has 1 unspecified atom stereocenters. The van der Waals surface area contributed by atoms with Gasteiger partial charge in [-0.1, -0.05) is 11.6 Å². The lowest BCUT2D eigenvalue weighted by Gasteiger charge is -2.01. The Morgan fingerprint density at radius 1 is 1.60 bits per heavy atom. The summed E-state index contributed by atoms with van der Waals surface area (Å²) >= 11 is -2.14. The Balaban J connectivity index is 3.67. The first kappa shape index (κ1) is 14.3. The largest absolute Gasteiger partial charge is 0.391 e. The first-order valence-electron chi connectivity index (χ1n) is 5.00. The minimum atomic E-state index is -2.14. The lowest BCUT2D eigenvalue weighted by atomic mass is 10.1. The molecule has 0 aliphatic heterocycles. The Morgan fingerprint density at radius 3 is 2.87 bits per heavy atom. The zero-order valence-corrected chi connectivity index (χ0v) is 10.0. The van der Waals surface area contributed by atoms with E-state index >= 15 is 0 Å². The van der Waals surface area contributed by atoms with E-state index in [0.29, 0.717) is 6.61 Å². The van der Waals surface area contributed by atoms with Gasteiger partial charge in [-0.05, 0) is 39.0 Å². The molecule has 2 N–H and O–H groups in total. The van der Waals surface area contributed by atoms with Crippen LogP contribution in [-0.2, 0) is 15.5 Å². The third-order valence-corrected chi connectivity index (χ3v) is 2.15. The summed E-state index contributed by atoms with van der Waals surface area (Å²) < 4.78 is 23.1. The molecule has 4 nitrogen and oxygen atoms in total. The molecule has 0 aliphatic carbocycles. The fourth-order valence-corrected chi connectivity index (χ4v) is 1.27. The van der Waals surface area contributed by atoms with E-state index in [-0.39, 0.29) is 0 Å². The Kier molecular flexibility index (Phi) is 9.46. The van der Waals surface area contributed by atoms with Gasteiger partial charge >= 0.3 is 11.4 Å². The van der Waals surface area contributed by atoms with Crippen molar-refractivity contribution in [1.82, 2.24) is 5.32 Å². The van der Waals surface area contributed by atoms with E-state index in [2.05, 4.69) is 9.50 Å². The summed E-state index contributed by atoms with van der Waals surface area (Å²) in [5, 5.41) is 3.08. The van der Waals surface area contributed by atoms with Crippen molar-refractivity contribution < 1.29 is 12.9 Å². The van der Waals surface area contributed by atoms with Crippen LogP contribution in [0.2, 0.25) is 0 Å². The maximum Gasteiger partial charge on any atom is 0.301 e. The molecular weight excluding hydrogens is 214 g/mol. The molecule has 0 radical (unpaired) electrons. The van der Waals surface area contributed by atoms with Crippen LogP contribution in [0.25, 0.3) is 0 Å². The average Bonchev–Trinajstić information content (AvgIpc) is 2.21. The molecule has 0 fully saturated rings. The summed E-state index contributed by atoms with van der Waals surface area (Å²) in [5.41, 5.74) is 1.18. The first-order chi connectivity index (χ1) is 7.20. The first-order valence-corrected chi connectivity index (χ1v) is 6.03. The Hall–Kier alpha value is -0.650. The summed E-state index contributed by atoms with van der Waals surface area (Å²) in [6.07, 6.45) is 7.50. The van der Waals surface area contributed by atoms with Gasteiger partial charge in [0, 0.05) is 6.54 Å². The molecule has 0 aromatic carbocycles. The quantitative estimate of drug-likeness (QED) is 0.382. The number of hydrogen-bond acceptors (Lipinski definition) is 3. The minimum absolute atomic E-state index is 0.301. The molecule has 0 saturated heterocycles. The smallest absolute Gasteiger partial charge is 0.301 e. The second-order valence-electron chi connectivity index (χ2n) is 2.90. The van der Waals surface area contributed by atoms with Crippen molar-refractivity contribution in [2.45, 2.75) is 26.7 Å². The van der Waals surface area contributed by atoms with Crippen LogP contribution in [0, 0.1) is 0 Å². The van der Waals surface area contributed by atoms with Gasteiger partial charge in [0.15, 0.2) is 0 Å². The zero-order chi connectivity index (χ0) is 11.5. The second kappa shape index (κ2) is 9.89. The standard InChI is InChI=1S/C10H19NO3S/c1-3-10(7-8-11-4-2)6-5-9-14-15(12)13/h3,7-8,11H,4-6,9H2,1-2H3,(H,12,13)/b8-7-,10-3-. The fraction of sp³-hybridized carbons (Fsp3) is 0.600. The molecule has 5 heteroatoms. The predicted molar refractivity (Wildman–Crippen MR) is 62.5 cm³/mol. The highest BCUT2D eigenvalue weighted by Crippen LogP contribution is 2.06. The molecule has 0 bridgehead atoms. The van der Waals surface area contributed by atoms with Crippen molar-refractivity contribution in [3.63, 3.8) is 0 Å². The van der Waals surface area contributed by atoms with E-state index in [4.69, 9.17) is 4.55 Å². The van der Waals surface area contributed by atoms with E-state index in [1.54, 1.807) is 0 Å². The van der Waals surface area contributed by atoms with Crippen molar-refractivity contribution in [3.8, 4) is 0 Å². The molecule has 0 spiro atoms. The van der Waals surface area contributed by atoms with Crippen LogP contribution in [0.15, 0.2) is 23.9 Å². The monoisotopic (exact) mass is 233 g/mol. The highest BCUT2D eigenvalue weighted by atomic mass is 32.2. The molecular formula is C10H19NO3S. The maximum atomic E-state index is 10.2. The van der Waals surface area contributed by atoms with Gasteiger partial charge in [0.25, 0.3) is 0 Å². The van der Waals surface area contributed by atoms with Crippen LogP contribution < -0.4 is 5.32 Å². The summed E-state index contributed by atoms with van der Waals surface area (Å²) in [7, 11) is 0. The minimum Gasteiger partial charge on any atom is -0.391 e. The number of rotatable bonds is 8. The number of allylic oxidation sites excluding steroid dienone is 3. The van der Waals surface area contributed by atoms with Crippen molar-refractivity contribution in [1.29, 1.82) is 0 Å². The third kappa shape index (κ3) is 9.65. The predicted octanol–water partition coefficient (Wildman–Crippen LogP) is 1.99. The molecule has 0 rings (SSSR count). The van der Waals surface area contributed by atoms with Crippen LogP contribution >= 0.6 is 0 Å². The average molecular weight is 233 g/mol. The van der Waals surface area contributed by atoms with Crippen molar-refractivity contribution in [2.75, 3.05) is 13.2 Å². The van der Waals surface area contributed by atoms with Gasteiger partial charge < -0.3 is 5.32 Å². The zero-order valence-electron chi connectivity index (χ0n) is 9.23. The second-order valence-corrected chi connectivity index (χ2v) is 3.57. The molecule has 15 heavy (non-hydrogen) atoms. The van der Waals surface area contributed by atoms with Crippen LogP contribution in [0.5, 0.6) is 0 Å². The lowest BCUT2D eigenvalue weighted by molar-refractivity contribution is 0.302. The van der Waals surface area contributed by atoms with Gasteiger partial charge in [0.2, 0.25) is 0 Å². The highest BCUT2D eigenvalue weighted by molar-refractivity contribution is 7.74. The van der Waals surface area contributed by atoms with Gasteiger partial charge in [-0.3, -0.25) is 8.74 Å². The van der Waals surface area contributed by atoms with Crippen LogP contribution in [0.1, 0.15) is 26.7 Å². The van der Waals surface area contributed by atoms with Crippen LogP contribution in [0.4, 0.5) is 0 Å². The fourth-order valence-electron chi connectivity index (χ4n) is 1.01. The van der Waals surface area contributed by atoms with E-state index in [1.807, 2.05) is 32.2 Å². The van der Waals surface area contributed by atoms with Gasteiger partial charge in [-0.2, -0.15) is 4.21 Å². The number of nitrogens with one attached hydrogen (secondary N) is 1. The summed E-state index contributed by atoms with van der Waals surface area (Å²) in [4.78, 5) is 0. The Morgan fingerprint density at radius 2 is 2.33 bits per heavy atom. The topological polar surface area (TPSA) is 58.6 Å². The van der Waals surface area contributed by atoms with Gasteiger partial charge in [0.05, 0.1) is 6.61 Å². The normalized spacial score (nSPS) is 14.5. The summed E-state index contributed by atoms with van der Waals surface area (Å²) in [5.74, 6) is 0. The van der Waals surface area contributed by atoms with Crippen molar-refractivity contribution >= 4 is 11.4 Å². The molecule has 0 heterocycles. The SMILES string of the molecule is C/C=C(\C=C/NCC)CCCOS(=O)O. The molecule has 0 aromatic rings. The molecule has 0 aliphatic rings. The Labute approximate surface area is 93.9 Å². The number of hydrogen-bond donors (Lipinski definition) is 2.